The number of thiazole rings is 1. The van der Waals surface area contributed by atoms with Gasteiger partial charge in [-0.05, 0) is 44.0 Å². The second-order valence-electron chi connectivity index (χ2n) is 5.40. The van der Waals surface area contributed by atoms with Crippen molar-refractivity contribution in [2.24, 2.45) is 0 Å². The summed E-state index contributed by atoms with van der Waals surface area (Å²) in [6, 6.07) is 6.49. The van der Waals surface area contributed by atoms with E-state index in [0.717, 1.165) is 29.1 Å². The molecule has 1 aromatic heterocycles. The minimum absolute atomic E-state index is 0.0368. The lowest BCUT2D eigenvalue weighted by molar-refractivity contribution is 0.0941. The van der Waals surface area contributed by atoms with E-state index in [-0.39, 0.29) is 11.7 Å². The van der Waals surface area contributed by atoms with Crippen LogP contribution in [0.5, 0.6) is 0 Å². The molecule has 1 saturated carbocycles. The number of rotatable bonds is 3. The lowest BCUT2D eigenvalue weighted by Gasteiger charge is -2.10. The first kappa shape index (κ1) is 14.2. The Morgan fingerprint density at radius 3 is 2.62 bits per heavy atom. The average molecular weight is 304 g/mol. The maximum Gasteiger partial charge on any atom is 0.263 e. The van der Waals surface area contributed by atoms with E-state index in [0.29, 0.717) is 10.9 Å². The summed E-state index contributed by atoms with van der Waals surface area (Å²) < 4.78 is 13.0. The molecule has 1 heterocycles. The number of amides is 1. The molecule has 5 heteroatoms. The predicted molar refractivity (Wildman–Crippen MR) is 82.0 cm³/mol. The van der Waals surface area contributed by atoms with Gasteiger partial charge >= 0.3 is 0 Å². The minimum atomic E-state index is -0.272. The summed E-state index contributed by atoms with van der Waals surface area (Å²) in [5.41, 5.74) is 1.57. The number of nitrogens with zero attached hydrogens (tertiary/aromatic N) is 1. The van der Waals surface area contributed by atoms with Crippen LogP contribution in [0.1, 0.15) is 41.0 Å². The van der Waals surface area contributed by atoms with Gasteiger partial charge in [-0.25, -0.2) is 9.37 Å². The van der Waals surface area contributed by atoms with Crippen LogP contribution in [-0.2, 0) is 0 Å². The van der Waals surface area contributed by atoms with Crippen molar-refractivity contribution in [1.82, 2.24) is 10.3 Å². The minimum Gasteiger partial charge on any atom is -0.349 e. The second kappa shape index (κ2) is 5.93. The fraction of sp³-hybridized carbons (Fsp3) is 0.375. The lowest BCUT2D eigenvalue weighted by atomic mass is 10.2. The van der Waals surface area contributed by atoms with Gasteiger partial charge in [0.15, 0.2) is 0 Å². The highest BCUT2D eigenvalue weighted by molar-refractivity contribution is 7.17. The van der Waals surface area contributed by atoms with E-state index in [1.54, 1.807) is 12.1 Å². The number of hydrogen-bond donors (Lipinski definition) is 1. The molecule has 0 saturated heterocycles. The van der Waals surface area contributed by atoms with E-state index in [1.165, 1.54) is 36.3 Å². The molecule has 0 atom stereocenters. The van der Waals surface area contributed by atoms with Crippen LogP contribution >= 0.6 is 11.3 Å². The van der Waals surface area contributed by atoms with E-state index in [2.05, 4.69) is 10.3 Å². The molecule has 1 fully saturated rings. The zero-order chi connectivity index (χ0) is 14.8. The molecule has 1 aliphatic carbocycles. The first-order valence-electron chi connectivity index (χ1n) is 7.18. The SMILES string of the molecule is Cc1nc(-c2ccc(F)cc2)sc1C(=O)NC1CCCC1. The number of aromatic nitrogens is 1. The molecule has 110 valence electrons. The van der Waals surface area contributed by atoms with E-state index in [1.807, 2.05) is 6.92 Å². The predicted octanol–water partition coefficient (Wildman–Crippen LogP) is 3.93. The first-order chi connectivity index (χ1) is 10.1. The lowest BCUT2D eigenvalue weighted by Crippen LogP contribution is -2.32. The molecule has 0 radical (unpaired) electrons. The zero-order valence-corrected chi connectivity index (χ0v) is 12.7. The van der Waals surface area contributed by atoms with Crippen molar-refractivity contribution in [2.45, 2.75) is 38.6 Å². The molecule has 0 spiro atoms. The van der Waals surface area contributed by atoms with Gasteiger partial charge in [0.25, 0.3) is 5.91 Å². The van der Waals surface area contributed by atoms with Gasteiger partial charge < -0.3 is 5.32 Å². The highest BCUT2D eigenvalue weighted by atomic mass is 32.1. The summed E-state index contributed by atoms with van der Waals surface area (Å²) in [6.07, 6.45) is 4.50. The number of carbonyl (C=O) groups is 1. The fourth-order valence-electron chi connectivity index (χ4n) is 2.64. The van der Waals surface area contributed by atoms with Crippen molar-refractivity contribution in [3.8, 4) is 10.6 Å². The molecular weight excluding hydrogens is 287 g/mol. The maximum absolute atomic E-state index is 13.0. The van der Waals surface area contributed by atoms with Gasteiger partial charge in [0.1, 0.15) is 15.7 Å². The molecule has 21 heavy (non-hydrogen) atoms. The van der Waals surface area contributed by atoms with Crippen LogP contribution in [0, 0.1) is 12.7 Å². The van der Waals surface area contributed by atoms with Gasteiger partial charge in [-0.2, -0.15) is 0 Å². The molecule has 0 aliphatic heterocycles. The Bertz CT molecular complexity index is 645. The van der Waals surface area contributed by atoms with Crippen molar-refractivity contribution in [2.75, 3.05) is 0 Å². The molecular formula is C16H17FN2OS. The van der Waals surface area contributed by atoms with Gasteiger partial charge in [0.2, 0.25) is 0 Å². The highest BCUT2D eigenvalue weighted by Gasteiger charge is 2.21. The van der Waals surface area contributed by atoms with Crippen molar-refractivity contribution in [3.05, 3.63) is 40.7 Å². The molecule has 0 unspecified atom stereocenters. The normalized spacial score (nSPS) is 15.3. The third-order valence-corrected chi connectivity index (χ3v) is 4.99. The first-order valence-corrected chi connectivity index (χ1v) is 7.99. The van der Waals surface area contributed by atoms with Crippen molar-refractivity contribution in [3.63, 3.8) is 0 Å². The summed E-state index contributed by atoms with van der Waals surface area (Å²) in [6.45, 7) is 1.84. The van der Waals surface area contributed by atoms with Gasteiger partial charge in [-0.1, -0.05) is 12.8 Å². The quantitative estimate of drug-likeness (QED) is 0.933. The number of halogens is 1. The van der Waals surface area contributed by atoms with Crippen LogP contribution in [0.4, 0.5) is 4.39 Å². The van der Waals surface area contributed by atoms with Gasteiger partial charge in [-0.3, -0.25) is 4.79 Å². The number of carbonyl (C=O) groups excluding carboxylic acids is 1. The molecule has 0 bridgehead atoms. The fourth-order valence-corrected chi connectivity index (χ4v) is 3.62. The topological polar surface area (TPSA) is 42.0 Å². The van der Waals surface area contributed by atoms with Crippen LogP contribution in [0.25, 0.3) is 10.6 Å². The Morgan fingerprint density at radius 2 is 1.95 bits per heavy atom. The third-order valence-electron chi connectivity index (χ3n) is 3.78. The average Bonchev–Trinajstić information content (AvgIpc) is 3.09. The van der Waals surface area contributed by atoms with E-state index in [4.69, 9.17) is 0 Å². The van der Waals surface area contributed by atoms with Crippen molar-refractivity contribution < 1.29 is 9.18 Å². The summed E-state index contributed by atoms with van der Waals surface area (Å²) in [5, 5.41) is 3.84. The smallest absolute Gasteiger partial charge is 0.263 e. The van der Waals surface area contributed by atoms with Gasteiger partial charge in [0, 0.05) is 11.6 Å². The van der Waals surface area contributed by atoms with Crippen molar-refractivity contribution in [1.29, 1.82) is 0 Å². The Balaban J connectivity index is 1.80. The summed E-state index contributed by atoms with van der Waals surface area (Å²) in [5.74, 6) is -0.309. The van der Waals surface area contributed by atoms with Crippen LogP contribution < -0.4 is 5.32 Å². The number of hydrogen-bond acceptors (Lipinski definition) is 3. The Morgan fingerprint density at radius 1 is 1.29 bits per heavy atom. The van der Waals surface area contributed by atoms with Crippen LogP contribution in [-0.4, -0.2) is 16.9 Å². The Labute approximate surface area is 127 Å². The molecule has 1 N–H and O–H groups in total. The zero-order valence-electron chi connectivity index (χ0n) is 11.9. The molecule has 3 nitrogen and oxygen atoms in total. The summed E-state index contributed by atoms with van der Waals surface area (Å²) in [7, 11) is 0. The van der Waals surface area contributed by atoms with Crippen LogP contribution in [0.15, 0.2) is 24.3 Å². The highest BCUT2D eigenvalue weighted by Crippen LogP contribution is 2.28. The molecule has 1 aliphatic rings. The third kappa shape index (κ3) is 3.13. The van der Waals surface area contributed by atoms with Crippen molar-refractivity contribution >= 4 is 17.2 Å². The number of nitrogens with one attached hydrogen (secondary N) is 1. The summed E-state index contributed by atoms with van der Waals surface area (Å²) >= 11 is 1.36. The largest absolute Gasteiger partial charge is 0.349 e. The molecule has 1 aromatic carbocycles. The van der Waals surface area contributed by atoms with Crippen LogP contribution in [0.3, 0.4) is 0 Å². The van der Waals surface area contributed by atoms with Gasteiger partial charge in [-0.15, -0.1) is 11.3 Å². The second-order valence-corrected chi connectivity index (χ2v) is 6.39. The Kier molecular flexibility index (Phi) is 4.01. The van der Waals surface area contributed by atoms with E-state index < -0.39 is 0 Å². The van der Waals surface area contributed by atoms with Crippen LogP contribution in [0.2, 0.25) is 0 Å². The molecule has 1 amide bonds. The molecule has 3 rings (SSSR count). The van der Waals surface area contributed by atoms with E-state index >= 15 is 0 Å². The number of benzene rings is 1. The monoisotopic (exact) mass is 304 g/mol. The van der Waals surface area contributed by atoms with E-state index in [9.17, 15) is 9.18 Å². The summed E-state index contributed by atoms with van der Waals surface area (Å²) in [4.78, 5) is 17.4. The maximum atomic E-state index is 13.0. The van der Waals surface area contributed by atoms with Gasteiger partial charge in [0.05, 0.1) is 5.69 Å². The Hall–Kier alpha value is -1.75. The standard InChI is InChI=1S/C16H17FN2OS/c1-10-14(15(20)19-13-4-2-3-5-13)21-16(18-10)11-6-8-12(17)9-7-11/h6-9,13H,2-5H2,1H3,(H,19,20). The molecule has 2 aromatic rings. The number of aryl methyl sites for hydroxylation is 1.